The first-order valence-corrected chi connectivity index (χ1v) is 7.33. The molecule has 0 bridgehead atoms. The van der Waals surface area contributed by atoms with Crippen LogP contribution in [0.1, 0.15) is 5.56 Å². The summed E-state index contributed by atoms with van der Waals surface area (Å²) in [5, 5.41) is 0.413. The summed E-state index contributed by atoms with van der Waals surface area (Å²) in [6.45, 7) is 0. The highest BCUT2D eigenvalue weighted by molar-refractivity contribution is 7.90. The minimum atomic E-state index is -3.66. The zero-order chi connectivity index (χ0) is 14.0. The lowest BCUT2D eigenvalue weighted by Crippen LogP contribution is -2.05. The van der Waals surface area contributed by atoms with Crippen molar-refractivity contribution in [3.63, 3.8) is 0 Å². The smallest absolute Gasteiger partial charge is 0.182 e. The van der Waals surface area contributed by atoms with Gasteiger partial charge in [-0.15, -0.1) is 0 Å². The first-order chi connectivity index (χ1) is 8.87. The molecule has 0 radical (unpaired) electrons. The molecule has 0 aromatic heterocycles. The van der Waals surface area contributed by atoms with Crippen molar-refractivity contribution in [2.45, 2.75) is 10.6 Å². The first kappa shape index (κ1) is 14.0. The minimum Gasteiger partial charge on any atom is -0.223 e. The molecule has 0 aliphatic heterocycles. The van der Waals surface area contributed by atoms with Gasteiger partial charge in [-0.1, -0.05) is 11.6 Å². The van der Waals surface area contributed by atoms with Crippen LogP contribution in [0.4, 0.5) is 8.78 Å². The standard InChI is InChI=1S/C13H9ClF2O2S/c14-10-1-3-13(4-2-10)19(17,18)8-9-5-11(15)7-12(16)6-9/h1-7H,8H2. The zero-order valence-corrected chi connectivity index (χ0v) is 11.2. The summed E-state index contributed by atoms with van der Waals surface area (Å²) in [6.07, 6.45) is 0. The van der Waals surface area contributed by atoms with Gasteiger partial charge in [0, 0.05) is 11.1 Å². The van der Waals surface area contributed by atoms with Gasteiger partial charge >= 0.3 is 0 Å². The van der Waals surface area contributed by atoms with Crippen LogP contribution in [0.25, 0.3) is 0 Å². The Balaban J connectivity index is 2.33. The number of halogens is 3. The molecule has 0 aliphatic carbocycles. The number of hydrogen-bond donors (Lipinski definition) is 0. The van der Waals surface area contributed by atoms with Crippen molar-refractivity contribution in [2.75, 3.05) is 0 Å². The summed E-state index contributed by atoms with van der Waals surface area (Å²) in [5.74, 6) is -2.08. The Hall–Kier alpha value is -1.46. The molecule has 0 spiro atoms. The van der Waals surface area contributed by atoms with E-state index in [0.717, 1.165) is 12.1 Å². The van der Waals surface area contributed by atoms with Crippen LogP contribution in [0, 0.1) is 11.6 Å². The maximum atomic E-state index is 13.0. The fourth-order valence-electron chi connectivity index (χ4n) is 1.64. The molecule has 19 heavy (non-hydrogen) atoms. The summed E-state index contributed by atoms with van der Waals surface area (Å²) in [4.78, 5) is 0.0570. The number of sulfone groups is 1. The average molecular weight is 303 g/mol. The van der Waals surface area contributed by atoms with Gasteiger partial charge in [-0.3, -0.25) is 0 Å². The third kappa shape index (κ3) is 3.52. The molecule has 0 N–H and O–H groups in total. The molecule has 100 valence electrons. The van der Waals surface area contributed by atoms with Gasteiger partial charge in [-0.2, -0.15) is 0 Å². The normalized spacial score (nSPS) is 11.5. The van der Waals surface area contributed by atoms with Gasteiger partial charge in [0.05, 0.1) is 10.6 Å². The van der Waals surface area contributed by atoms with Crippen molar-refractivity contribution in [1.29, 1.82) is 0 Å². The van der Waals surface area contributed by atoms with Crippen molar-refractivity contribution >= 4 is 21.4 Å². The van der Waals surface area contributed by atoms with Crippen LogP contribution >= 0.6 is 11.6 Å². The molecule has 0 fully saturated rings. The van der Waals surface area contributed by atoms with Crippen LogP contribution in [-0.4, -0.2) is 8.42 Å². The summed E-state index contributed by atoms with van der Waals surface area (Å²) in [6, 6.07) is 8.29. The second-order valence-corrected chi connectivity index (χ2v) is 6.42. The van der Waals surface area contributed by atoms with Crippen LogP contribution in [0.5, 0.6) is 0 Å². The van der Waals surface area contributed by atoms with E-state index in [1.807, 2.05) is 0 Å². The zero-order valence-electron chi connectivity index (χ0n) is 9.61. The molecular weight excluding hydrogens is 294 g/mol. The van der Waals surface area contributed by atoms with E-state index in [4.69, 9.17) is 11.6 Å². The second kappa shape index (κ2) is 5.27. The first-order valence-electron chi connectivity index (χ1n) is 5.30. The molecule has 2 aromatic carbocycles. The molecule has 0 heterocycles. The van der Waals surface area contributed by atoms with Gasteiger partial charge in [0.1, 0.15) is 11.6 Å². The van der Waals surface area contributed by atoms with Gasteiger partial charge in [0.2, 0.25) is 0 Å². The fourth-order valence-corrected chi connectivity index (χ4v) is 3.09. The Morgan fingerprint density at radius 1 is 0.947 bits per heavy atom. The van der Waals surface area contributed by atoms with Crippen molar-refractivity contribution in [2.24, 2.45) is 0 Å². The molecule has 0 aliphatic rings. The van der Waals surface area contributed by atoms with Gasteiger partial charge < -0.3 is 0 Å². The lowest BCUT2D eigenvalue weighted by atomic mass is 10.2. The van der Waals surface area contributed by atoms with Crippen LogP contribution in [0.2, 0.25) is 5.02 Å². The molecule has 0 unspecified atom stereocenters. The quantitative estimate of drug-likeness (QED) is 0.868. The van der Waals surface area contributed by atoms with Crippen molar-refractivity contribution in [3.05, 3.63) is 64.7 Å². The number of benzene rings is 2. The largest absolute Gasteiger partial charge is 0.223 e. The van der Waals surface area contributed by atoms with E-state index in [0.29, 0.717) is 11.1 Å². The summed E-state index contributed by atoms with van der Waals surface area (Å²) in [7, 11) is -3.66. The molecule has 2 nitrogen and oxygen atoms in total. The minimum absolute atomic E-state index is 0.0570. The summed E-state index contributed by atoms with van der Waals surface area (Å²) >= 11 is 5.67. The third-order valence-electron chi connectivity index (χ3n) is 2.45. The third-order valence-corrected chi connectivity index (χ3v) is 4.41. The van der Waals surface area contributed by atoms with E-state index < -0.39 is 27.2 Å². The Morgan fingerprint density at radius 2 is 1.47 bits per heavy atom. The van der Waals surface area contributed by atoms with Gasteiger partial charge in [0.25, 0.3) is 0 Å². The topological polar surface area (TPSA) is 34.1 Å². The lowest BCUT2D eigenvalue weighted by Gasteiger charge is -2.05. The molecule has 2 aromatic rings. The predicted molar refractivity (Wildman–Crippen MR) is 68.7 cm³/mol. The van der Waals surface area contributed by atoms with E-state index in [1.165, 1.54) is 24.3 Å². The van der Waals surface area contributed by atoms with Crippen LogP contribution in [0.3, 0.4) is 0 Å². The van der Waals surface area contributed by atoms with Crippen LogP contribution in [-0.2, 0) is 15.6 Å². The Kier molecular flexibility index (Phi) is 3.87. The number of rotatable bonds is 3. The van der Waals surface area contributed by atoms with E-state index in [1.54, 1.807) is 0 Å². The summed E-state index contributed by atoms with van der Waals surface area (Å²) in [5.41, 5.74) is 0.0625. The van der Waals surface area contributed by atoms with E-state index in [-0.39, 0.29) is 10.5 Å². The van der Waals surface area contributed by atoms with E-state index >= 15 is 0 Å². The highest BCUT2D eigenvalue weighted by Crippen LogP contribution is 2.20. The van der Waals surface area contributed by atoms with Gasteiger partial charge in [-0.05, 0) is 42.0 Å². The molecular formula is C13H9ClF2O2S. The SMILES string of the molecule is O=S(=O)(Cc1cc(F)cc(F)c1)c1ccc(Cl)cc1. The van der Waals surface area contributed by atoms with E-state index in [9.17, 15) is 17.2 Å². The Labute approximate surface area is 114 Å². The van der Waals surface area contributed by atoms with Crippen molar-refractivity contribution in [3.8, 4) is 0 Å². The van der Waals surface area contributed by atoms with Crippen LogP contribution < -0.4 is 0 Å². The van der Waals surface area contributed by atoms with Crippen molar-refractivity contribution < 1.29 is 17.2 Å². The van der Waals surface area contributed by atoms with E-state index in [2.05, 4.69) is 0 Å². The van der Waals surface area contributed by atoms with Gasteiger partial charge in [-0.25, -0.2) is 17.2 Å². The average Bonchev–Trinajstić information content (AvgIpc) is 2.27. The molecule has 6 heteroatoms. The summed E-state index contributed by atoms with van der Waals surface area (Å²) < 4.78 is 50.1. The predicted octanol–water partition coefficient (Wildman–Crippen LogP) is 3.59. The maximum Gasteiger partial charge on any atom is 0.182 e. The lowest BCUT2D eigenvalue weighted by molar-refractivity contribution is 0.579. The monoisotopic (exact) mass is 302 g/mol. The highest BCUT2D eigenvalue weighted by Gasteiger charge is 2.16. The maximum absolute atomic E-state index is 13.0. The van der Waals surface area contributed by atoms with Crippen molar-refractivity contribution in [1.82, 2.24) is 0 Å². The molecule has 0 atom stereocenters. The molecule has 0 saturated heterocycles. The number of hydrogen-bond acceptors (Lipinski definition) is 2. The highest BCUT2D eigenvalue weighted by atomic mass is 35.5. The Morgan fingerprint density at radius 3 is 2.00 bits per heavy atom. The molecule has 2 rings (SSSR count). The van der Waals surface area contributed by atoms with Gasteiger partial charge in [0.15, 0.2) is 9.84 Å². The molecule has 0 amide bonds. The fraction of sp³-hybridized carbons (Fsp3) is 0.0769. The molecule has 0 saturated carbocycles. The Bertz CT molecular complexity index is 677. The second-order valence-electron chi connectivity index (χ2n) is 3.99. The van der Waals surface area contributed by atoms with Crippen LogP contribution in [0.15, 0.2) is 47.4 Å².